The maximum absolute atomic E-state index is 8.65. The first-order chi connectivity index (χ1) is 8.63. The molecule has 2 fully saturated rings. The molecule has 2 aliphatic rings. The Bertz CT molecular complexity index is 297. The molecular formula is C13H25N3O2. The van der Waals surface area contributed by atoms with Crippen molar-refractivity contribution in [1.29, 1.82) is 0 Å². The second-order valence-corrected chi connectivity index (χ2v) is 6.05. The Morgan fingerprint density at radius 1 is 1.56 bits per heavy atom. The van der Waals surface area contributed by atoms with Crippen molar-refractivity contribution in [1.82, 2.24) is 4.90 Å². The van der Waals surface area contributed by atoms with Gasteiger partial charge in [0.1, 0.15) is 5.84 Å². The van der Waals surface area contributed by atoms with Gasteiger partial charge in [-0.25, -0.2) is 0 Å². The molecule has 1 atom stereocenters. The molecule has 5 nitrogen and oxygen atoms in total. The van der Waals surface area contributed by atoms with Crippen molar-refractivity contribution in [2.24, 2.45) is 22.2 Å². The molecule has 0 bridgehead atoms. The summed E-state index contributed by atoms with van der Waals surface area (Å²) in [4.78, 5) is 2.39. The quantitative estimate of drug-likeness (QED) is 0.324. The van der Waals surface area contributed by atoms with Crippen LogP contribution in [-0.2, 0) is 4.74 Å². The summed E-state index contributed by atoms with van der Waals surface area (Å²) in [5, 5.41) is 11.7. The smallest absolute Gasteiger partial charge is 0.139 e. The van der Waals surface area contributed by atoms with Gasteiger partial charge in [-0.3, -0.25) is 0 Å². The summed E-state index contributed by atoms with van der Waals surface area (Å²) in [7, 11) is 2.17. The topological polar surface area (TPSA) is 71.1 Å². The summed E-state index contributed by atoms with van der Waals surface area (Å²) in [6.07, 6.45) is 5.56. The Labute approximate surface area is 109 Å². The Morgan fingerprint density at radius 2 is 2.33 bits per heavy atom. The molecule has 0 spiro atoms. The average molecular weight is 255 g/mol. The highest BCUT2D eigenvalue weighted by molar-refractivity contribution is 5.80. The third kappa shape index (κ3) is 3.85. The molecule has 0 radical (unpaired) electrons. The van der Waals surface area contributed by atoms with E-state index >= 15 is 0 Å². The van der Waals surface area contributed by atoms with Crippen molar-refractivity contribution in [3.63, 3.8) is 0 Å². The van der Waals surface area contributed by atoms with E-state index in [4.69, 9.17) is 15.7 Å². The molecule has 5 heteroatoms. The van der Waals surface area contributed by atoms with E-state index in [1.807, 2.05) is 0 Å². The summed E-state index contributed by atoms with van der Waals surface area (Å²) in [5.74, 6) is 1.03. The molecule has 1 heterocycles. The van der Waals surface area contributed by atoms with Crippen LogP contribution in [0.4, 0.5) is 0 Å². The predicted octanol–water partition coefficient (Wildman–Crippen LogP) is 1.26. The maximum Gasteiger partial charge on any atom is 0.139 e. The van der Waals surface area contributed by atoms with Gasteiger partial charge < -0.3 is 20.6 Å². The van der Waals surface area contributed by atoms with Crippen LogP contribution in [0.2, 0.25) is 0 Å². The molecule has 1 unspecified atom stereocenters. The van der Waals surface area contributed by atoms with Gasteiger partial charge in [0, 0.05) is 26.1 Å². The van der Waals surface area contributed by atoms with Crippen LogP contribution in [0.3, 0.4) is 0 Å². The molecule has 1 aliphatic heterocycles. The lowest BCUT2D eigenvalue weighted by Gasteiger charge is -2.29. The van der Waals surface area contributed by atoms with Gasteiger partial charge in [0.05, 0.1) is 6.61 Å². The Hall–Kier alpha value is -0.810. The number of nitrogens with zero attached hydrogens (tertiary/aromatic N) is 2. The molecule has 2 rings (SSSR count). The largest absolute Gasteiger partial charge is 0.409 e. The van der Waals surface area contributed by atoms with Crippen LogP contribution >= 0.6 is 0 Å². The molecule has 0 aromatic carbocycles. The van der Waals surface area contributed by atoms with Crippen molar-refractivity contribution in [2.45, 2.75) is 32.1 Å². The van der Waals surface area contributed by atoms with Gasteiger partial charge in [0.15, 0.2) is 0 Å². The van der Waals surface area contributed by atoms with E-state index in [1.54, 1.807) is 0 Å². The molecule has 0 aromatic heterocycles. The molecule has 0 aromatic rings. The minimum Gasteiger partial charge on any atom is -0.409 e. The van der Waals surface area contributed by atoms with Crippen LogP contribution in [0.25, 0.3) is 0 Å². The lowest BCUT2D eigenvalue weighted by Crippen LogP contribution is -2.35. The Kier molecular flexibility index (Phi) is 4.45. The molecule has 1 saturated heterocycles. The monoisotopic (exact) mass is 255 g/mol. The van der Waals surface area contributed by atoms with E-state index in [9.17, 15) is 0 Å². The van der Waals surface area contributed by atoms with Crippen molar-refractivity contribution in [2.75, 3.05) is 33.4 Å². The average Bonchev–Trinajstić information content (AvgIpc) is 3.09. The van der Waals surface area contributed by atoms with Crippen molar-refractivity contribution in [3.05, 3.63) is 0 Å². The first-order valence-corrected chi connectivity index (χ1v) is 6.86. The SMILES string of the molecule is CN(CC1CCCOC1)CC1(CC(N)=NO)CC1. The fourth-order valence-electron chi connectivity index (χ4n) is 3.02. The molecule has 1 aliphatic carbocycles. The normalized spacial score (nSPS) is 27.4. The highest BCUT2D eigenvalue weighted by Gasteiger charge is 2.44. The van der Waals surface area contributed by atoms with Crippen molar-refractivity contribution < 1.29 is 9.94 Å². The van der Waals surface area contributed by atoms with Crippen LogP contribution in [0.5, 0.6) is 0 Å². The Balaban J connectivity index is 1.74. The number of hydrogen-bond acceptors (Lipinski definition) is 4. The van der Waals surface area contributed by atoms with Crippen LogP contribution in [0.15, 0.2) is 5.16 Å². The number of rotatable bonds is 6. The van der Waals surface area contributed by atoms with Crippen LogP contribution in [0.1, 0.15) is 32.1 Å². The number of hydrogen-bond donors (Lipinski definition) is 2. The van der Waals surface area contributed by atoms with Gasteiger partial charge >= 0.3 is 0 Å². The van der Waals surface area contributed by atoms with Gasteiger partial charge in [0.25, 0.3) is 0 Å². The first-order valence-electron chi connectivity index (χ1n) is 6.86. The summed E-state index contributed by atoms with van der Waals surface area (Å²) >= 11 is 0. The summed E-state index contributed by atoms with van der Waals surface area (Å²) in [6, 6.07) is 0. The number of ether oxygens (including phenoxy) is 1. The first kappa shape index (κ1) is 13.6. The third-order valence-electron chi connectivity index (χ3n) is 4.07. The summed E-state index contributed by atoms with van der Waals surface area (Å²) < 4.78 is 5.51. The van der Waals surface area contributed by atoms with Gasteiger partial charge in [-0.15, -0.1) is 0 Å². The van der Waals surface area contributed by atoms with Crippen LogP contribution in [0, 0.1) is 11.3 Å². The highest BCUT2D eigenvalue weighted by Crippen LogP contribution is 2.49. The lowest BCUT2D eigenvalue weighted by atomic mass is 9.98. The van der Waals surface area contributed by atoms with Gasteiger partial charge in [-0.2, -0.15) is 0 Å². The Morgan fingerprint density at radius 3 is 2.89 bits per heavy atom. The molecule has 3 N–H and O–H groups in total. The standard InChI is InChI=1S/C13H25N3O2/c1-16(8-11-3-2-6-18-9-11)10-13(4-5-13)7-12(14)15-17/h11,17H,2-10H2,1H3,(H2,14,15). The lowest BCUT2D eigenvalue weighted by molar-refractivity contribution is 0.0397. The number of nitrogens with two attached hydrogens (primary N) is 1. The predicted molar refractivity (Wildman–Crippen MR) is 70.7 cm³/mol. The van der Waals surface area contributed by atoms with E-state index < -0.39 is 0 Å². The zero-order chi connectivity index (χ0) is 13.0. The summed E-state index contributed by atoms with van der Waals surface area (Å²) in [5.41, 5.74) is 5.89. The second kappa shape index (κ2) is 5.89. The van der Waals surface area contributed by atoms with Crippen molar-refractivity contribution in [3.8, 4) is 0 Å². The van der Waals surface area contributed by atoms with Gasteiger partial charge in [-0.1, -0.05) is 5.16 Å². The minimum absolute atomic E-state index is 0.264. The fourth-order valence-corrected chi connectivity index (χ4v) is 3.02. The molecule has 104 valence electrons. The van der Waals surface area contributed by atoms with E-state index in [-0.39, 0.29) is 5.41 Å². The van der Waals surface area contributed by atoms with E-state index in [1.165, 1.54) is 25.7 Å². The van der Waals surface area contributed by atoms with Gasteiger partial charge in [0.2, 0.25) is 0 Å². The fraction of sp³-hybridized carbons (Fsp3) is 0.923. The van der Waals surface area contributed by atoms with Crippen LogP contribution in [-0.4, -0.2) is 49.3 Å². The van der Waals surface area contributed by atoms with Crippen molar-refractivity contribution >= 4 is 5.84 Å². The molecule has 1 saturated carbocycles. The van der Waals surface area contributed by atoms with E-state index in [2.05, 4.69) is 17.1 Å². The minimum atomic E-state index is 0.264. The second-order valence-electron chi connectivity index (χ2n) is 6.05. The zero-order valence-electron chi connectivity index (χ0n) is 11.3. The van der Waals surface area contributed by atoms with Crippen LogP contribution < -0.4 is 5.73 Å². The van der Waals surface area contributed by atoms with Gasteiger partial charge in [-0.05, 0) is 44.1 Å². The molecular weight excluding hydrogens is 230 g/mol. The third-order valence-corrected chi connectivity index (χ3v) is 4.07. The van der Waals surface area contributed by atoms with E-state index in [0.29, 0.717) is 11.8 Å². The molecule has 18 heavy (non-hydrogen) atoms. The number of oxime groups is 1. The number of amidine groups is 1. The summed E-state index contributed by atoms with van der Waals surface area (Å²) in [6.45, 7) is 3.96. The maximum atomic E-state index is 8.65. The molecule has 0 amide bonds. The highest BCUT2D eigenvalue weighted by atomic mass is 16.5. The van der Waals surface area contributed by atoms with E-state index in [0.717, 1.165) is 32.7 Å². The zero-order valence-corrected chi connectivity index (χ0v) is 11.3.